The molecule has 0 heterocycles. The Labute approximate surface area is 209 Å². The smallest absolute Gasteiger partial charge is 0.0577 e. The average molecular weight is 463 g/mol. The zero-order valence-electron chi connectivity index (χ0n) is 22.3. The summed E-state index contributed by atoms with van der Waals surface area (Å²) >= 11 is 0. The van der Waals surface area contributed by atoms with Gasteiger partial charge in [-0.25, -0.2) is 0 Å². The fraction of sp³-hybridized carbons (Fsp3) is 0.879. The number of hydrogen-bond acceptors (Lipinski definition) is 1. The van der Waals surface area contributed by atoms with Crippen LogP contribution in [0.15, 0.2) is 23.8 Å². The van der Waals surface area contributed by atoms with Gasteiger partial charge in [0.05, 0.1) is 6.10 Å². The van der Waals surface area contributed by atoms with E-state index in [1.165, 1.54) is 57.8 Å². The summed E-state index contributed by atoms with van der Waals surface area (Å²) in [6.45, 7) is 7.88. The molecule has 0 amide bonds. The van der Waals surface area contributed by atoms with Crippen LogP contribution in [0.25, 0.3) is 0 Å². The van der Waals surface area contributed by atoms with Crippen LogP contribution in [0.5, 0.6) is 0 Å². The van der Waals surface area contributed by atoms with Crippen molar-refractivity contribution in [1.82, 2.24) is 0 Å². The highest BCUT2D eigenvalue weighted by molar-refractivity contribution is 5.25. The van der Waals surface area contributed by atoms with Gasteiger partial charge in [0.1, 0.15) is 0 Å². The molecule has 0 radical (unpaired) electrons. The second-order valence-corrected chi connectivity index (χ2v) is 15.4. The van der Waals surface area contributed by atoms with Crippen molar-refractivity contribution in [2.45, 2.75) is 117 Å². The Kier molecular flexibility index (Phi) is 5.14. The van der Waals surface area contributed by atoms with Crippen molar-refractivity contribution in [3.8, 4) is 0 Å². The Morgan fingerprint density at radius 3 is 2.32 bits per heavy atom. The van der Waals surface area contributed by atoms with E-state index in [4.69, 9.17) is 0 Å². The fourth-order valence-electron chi connectivity index (χ4n) is 12.4. The van der Waals surface area contributed by atoms with E-state index in [9.17, 15) is 5.11 Å². The van der Waals surface area contributed by atoms with Crippen LogP contribution < -0.4 is 0 Å². The molecule has 0 aromatic heterocycles. The van der Waals surface area contributed by atoms with E-state index in [1.807, 2.05) is 0 Å². The van der Waals surface area contributed by atoms with Gasteiger partial charge in [-0.3, -0.25) is 0 Å². The number of allylic oxidation sites excluding steroid dienone is 3. The first-order valence-corrected chi connectivity index (χ1v) is 15.3. The summed E-state index contributed by atoms with van der Waals surface area (Å²) in [5.74, 6) is 7.49. The molecular weight excluding hydrogens is 412 g/mol. The summed E-state index contributed by atoms with van der Waals surface area (Å²) in [5, 5.41) is 10.3. The third-order valence-corrected chi connectivity index (χ3v) is 13.6. The van der Waals surface area contributed by atoms with E-state index in [-0.39, 0.29) is 6.10 Å². The van der Waals surface area contributed by atoms with Crippen LogP contribution in [0.2, 0.25) is 0 Å². The third kappa shape index (κ3) is 3.27. The van der Waals surface area contributed by atoms with Crippen molar-refractivity contribution in [3.63, 3.8) is 0 Å². The Balaban J connectivity index is 1.09. The van der Waals surface area contributed by atoms with Gasteiger partial charge in [0.25, 0.3) is 0 Å². The maximum Gasteiger partial charge on any atom is 0.0577 e. The molecule has 8 rings (SSSR count). The molecule has 8 aliphatic rings. The Hall–Kier alpha value is -0.560. The molecule has 0 saturated heterocycles. The minimum atomic E-state index is -0.0813. The molecule has 188 valence electrons. The van der Waals surface area contributed by atoms with Gasteiger partial charge in [-0.2, -0.15) is 0 Å². The molecule has 1 N–H and O–H groups in total. The minimum Gasteiger partial charge on any atom is -0.393 e. The van der Waals surface area contributed by atoms with Crippen molar-refractivity contribution in [3.05, 3.63) is 23.8 Å². The first kappa shape index (κ1) is 22.6. The molecule has 4 bridgehead atoms. The lowest BCUT2D eigenvalue weighted by molar-refractivity contribution is -0.0543. The van der Waals surface area contributed by atoms with Gasteiger partial charge in [-0.05, 0) is 153 Å². The predicted octanol–water partition coefficient (Wildman–Crippen LogP) is 8.34. The normalized spacial score (nSPS) is 56.6. The van der Waals surface area contributed by atoms with Crippen molar-refractivity contribution in [2.24, 2.45) is 63.6 Å². The number of hydrogen-bond donors (Lipinski definition) is 1. The first-order chi connectivity index (χ1) is 16.3. The Morgan fingerprint density at radius 2 is 1.62 bits per heavy atom. The fourth-order valence-corrected chi connectivity index (χ4v) is 12.4. The second-order valence-electron chi connectivity index (χ2n) is 15.4. The largest absolute Gasteiger partial charge is 0.393 e. The van der Waals surface area contributed by atoms with E-state index in [1.54, 1.807) is 24.8 Å². The molecule has 0 aliphatic heterocycles. The van der Waals surface area contributed by atoms with E-state index < -0.39 is 0 Å². The van der Waals surface area contributed by atoms with Gasteiger partial charge >= 0.3 is 0 Å². The lowest BCUT2D eigenvalue weighted by atomic mass is 9.47. The molecule has 0 aromatic carbocycles. The summed E-state index contributed by atoms with van der Waals surface area (Å²) in [7, 11) is 0. The van der Waals surface area contributed by atoms with Gasteiger partial charge < -0.3 is 5.11 Å². The SMILES string of the molecule is C[C@H](/C=C/C12CC3CC(CC(C3)C1)C2)[C@H]1CC[C@H]2[C@@H]3CC=C4C[C@@H](O)CC[C@]4(C)[C@H]3CC[C@]12C. The van der Waals surface area contributed by atoms with Crippen LogP contribution in [0.1, 0.15) is 111 Å². The van der Waals surface area contributed by atoms with Crippen LogP contribution in [-0.4, -0.2) is 11.2 Å². The molecule has 8 aliphatic carbocycles. The summed E-state index contributed by atoms with van der Waals surface area (Å²) in [5.41, 5.74) is 3.13. The van der Waals surface area contributed by atoms with Crippen LogP contribution >= 0.6 is 0 Å². The minimum absolute atomic E-state index is 0.0813. The number of aliphatic hydroxyl groups excluding tert-OH is 1. The maximum absolute atomic E-state index is 10.3. The molecule has 7 saturated carbocycles. The van der Waals surface area contributed by atoms with Crippen LogP contribution in [-0.2, 0) is 0 Å². The summed E-state index contributed by atoms with van der Waals surface area (Å²) in [4.78, 5) is 0. The molecule has 0 aromatic rings. The zero-order valence-corrected chi connectivity index (χ0v) is 22.3. The standard InChI is InChI=1S/C33H50O/c1-21(8-13-33-18-22-14-23(19-33)16-24(15-22)20-33)28-6-7-29-27-5-4-25-17-26(34)9-11-31(25,2)30(27)10-12-32(28,29)3/h4,8,13,21-24,26-30,34H,5-7,9-12,14-20H2,1-3H3/b13-8+/t21-,22?,23?,24?,26+,27+,28-,29+,30+,31+,32-,33?/m1/s1. The molecule has 0 unspecified atom stereocenters. The highest BCUT2D eigenvalue weighted by Gasteiger charge is 2.59. The molecule has 7 fully saturated rings. The highest BCUT2D eigenvalue weighted by Crippen LogP contribution is 2.67. The summed E-state index contributed by atoms with van der Waals surface area (Å²) in [6, 6.07) is 0. The van der Waals surface area contributed by atoms with Crippen LogP contribution in [0.4, 0.5) is 0 Å². The monoisotopic (exact) mass is 462 g/mol. The van der Waals surface area contributed by atoms with Gasteiger partial charge in [-0.15, -0.1) is 0 Å². The molecule has 0 spiro atoms. The van der Waals surface area contributed by atoms with E-state index in [0.717, 1.165) is 60.2 Å². The third-order valence-electron chi connectivity index (χ3n) is 13.6. The van der Waals surface area contributed by atoms with E-state index in [0.29, 0.717) is 16.2 Å². The Bertz CT molecular complexity index is 846. The van der Waals surface area contributed by atoms with Gasteiger partial charge in [0.15, 0.2) is 0 Å². The van der Waals surface area contributed by atoms with Crippen molar-refractivity contribution in [1.29, 1.82) is 0 Å². The van der Waals surface area contributed by atoms with Gasteiger partial charge in [0, 0.05) is 0 Å². The highest BCUT2D eigenvalue weighted by atomic mass is 16.3. The lowest BCUT2D eigenvalue weighted by Crippen LogP contribution is -2.50. The molecule has 1 heteroatoms. The number of aliphatic hydroxyl groups is 1. The quantitative estimate of drug-likeness (QED) is 0.418. The van der Waals surface area contributed by atoms with Crippen molar-refractivity contribution >= 4 is 0 Å². The summed E-state index contributed by atoms with van der Waals surface area (Å²) in [6.07, 6.45) is 27.6. The summed E-state index contributed by atoms with van der Waals surface area (Å²) < 4.78 is 0. The topological polar surface area (TPSA) is 20.2 Å². The van der Waals surface area contributed by atoms with E-state index >= 15 is 0 Å². The zero-order chi connectivity index (χ0) is 23.3. The van der Waals surface area contributed by atoms with Gasteiger partial charge in [0.2, 0.25) is 0 Å². The molecular formula is C33H50O. The second kappa shape index (κ2) is 7.72. The lowest BCUT2D eigenvalue weighted by Gasteiger charge is -2.58. The van der Waals surface area contributed by atoms with E-state index in [2.05, 4.69) is 39.0 Å². The average Bonchev–Trinajstić information content (AvgIpc) is 3.14. The maximum atomic E-state index is 10.3. The van der Waals surface area contributed by atoms with Crippen molar-refractivity contribution in [2.75, 3.05) is 0 Å². The number of fused-ring (bicyclic) bond motifs is 5. The molecule has 34 heavy (non-hydrogen) atoms. The predicted molar refractivity (Wildman–Crippen MR) is 140 cm³/mol. The molecule has 1 nitrogen and oxygen atoms in total. The van der Waals surface area contributed by atoms with Crippen molar-refractivity contribution < 1.29 is 5.11 Å². The Morgan fingerprint density at radius 1 is 0.912 bits per heavy atom. The van der Waals surface area contributed by atoms with Crippen LogP contribution in [0, 0.1) is 63.6 Å². The van der Waals surface area contributed by atoms with Crippen LogP contribution in [0.3, 0.4) is 0 Å². The first-order valence-electron chi connectivity index (χ1n) is 15.3. The molecule has 8 atom stereocenters. The number of rotatable bonds is 3. The van der Waals surface area contributed by atoms with Gasteiger partial charge in [-0.1, -0.05) is 44.6 Å².